The van der Waals surface area contributed by atoms with Crippen LogP contribution in [-0.2, 0) is 11.3 Å². The fourth-order valence-corrected chi connectivity index (χ4v) is 4.72. The molecular weight excluding hydrogens is 486 g/mol. The van der Waals surface area contributed by atoms with Gasteiger partial charge >= 0.3 is 6.09 Å². The molecule has 1 saturated heterocycles. The van der Waals surface area contributed by atoms with E-state index in [2.05, 4.69) is 51.2 Å². The SMILES string of the molecule is CSc1nc(CN(C)C(CCCCNC(=O)OC(C)(C)C)c2ccccn2)cc(N2CCN(C)CC2)n1. The van der Waals surface area contributed by atoms with Crippen LogP contribution in [-0.4, -0.2) is 89.5 Å². The molecule has 1 N–H and O–H groups in total. The van der Waals surface area contributed by atoms with Crippen LogP contribution in [0.5, 0.6) is 0 Å². The standard InChI is InChI=1S/C27H43N7O2S/c1-27(2,3)36-26(35)29-14-10-8-12-23(22-11-7-9-13-28-22)33(5)20-21-19-24(31-25(30-21)37-6)34-17-15-32(4)16-18-34/h7,9,11,13,19,23H,8,10,12,14-18,20H2,1-6H3,(H,29,35). The van der Waals surface area contributed by atoms with Crippen LogP contribution < -0.4 is 10.2 Å². The highest BCUT2D eigenvalue weighted by Crippen LogP contribution is 2.26. The fraction of sp³-hybridized carbons (Fsp3) is 0.630. The number of anilines is 1. The summed E-state index contributed by atoms with van der Waals surface area (Å²) in [7, 11) is 4.30. The minimum atomic E-state index is -0.488. The van der Waals surface area contributed by atoms with E-state index in [0.717, 1.165) is 67.8 Å². The van der Waals surface area contributed by atoms with E-state index in [0.29, 0.717) is 13.1 Å². The smallest absolute Gasteiger partial charge is 0.407 e. The number of nitrogens with zero attached hydrogens (tertiary/aromatic N) is 6. The van der Waals surface area contributed by atoms with Gasteiger partial charge in [0.15, 0.2) is 5.16 Å². The molecule has 1 atom stereocenters. The van der Waals surface area contributed by atoms with Gasteiger partial charge in [0, 0.05) is 51.5 Å². The van der Waals surface area contributed by atoms with Crippen LogP contribution in [0.3, 0.4) is 0 Å². The van der Waals surface area contributed by atoms with Crippen LogP contribution in [0.1, 0.15) is 57.5 Å². The highest BCUT2D eigenvalue weighted by atomic mass is 32.2. The predicted molar refractivity (Wildman–Crippen MR) is 150 cm³/mol. The number of amides is 1. The van der Waals surface area contributed by atoms with E-state index < -0.39 is 5.60 Å². The van der Waals surface area contributed by atoms with Crippen molar-refractivity contribution in [2.75, 3.05) is 58.0 Å². The molecular formula is C27H43N7O2S. The van der Waals surface area contributed by atoms with E-state index in [1.165, 1.54) is 0 Å². The Bertz CT molecular complexity index is 978. The molecule has 1 unspecified atom stereocenters. The Hall–Kier alpha value is -2.43. The first-order valence-corrected chi connectivity index (χ1v) is 14.3. The first-order chi connectivity index (χ1) is 17.6. The van der Waals surface area contributed by atoms with Crippen molar-refractivity contribution in [2.24, 2.45) is 0 Å². The van der Waals surface area contributed by atoms with Crippen molar-refractivity contribution in [1.82, 2.24) is 30.1 Å². The maximum atomic E-state index is 11.9. The minimum Gasteiger partial charge on any atom is -0.444 e. The third-order valence-electron chi connectivity index (χ3n) is 6.30. The van der Waals surface area contributed by atoms with E-state index in [-0.39, 0.29) is 12.1 Å². The third kappa shape index (κ3) is 9.75. The van der Waals surface area contributed by atoms with E-state index in [1.54, 1.807) is 11.8 Å². The number of rotatable bonds is 11. The summed E-state index contributed by atoms with van der Waals surface area (Å²) in [5.74, 6) is 1.01. The molecule has 9 nitrogen and oxygen atoms in total. The van der Waals surface area contributed by atoms with E-state index >= 15 is 0 Å². The summed E-state index contributed by atoms with van der Waals surface area (Å²) < 4.78 is 5.33. The van der Waals surface area contributed by atoms with Crippen LogP contribution in [0.15, 0.2) is 35.6 Å². The number of likely N-dealkylation sites (N-methyl/N-ethyl adjacent to an activating group) is 1. The Kier molecular flexibility index (Phi) is 11.0. The average molecular weight is 530 g/mol. The molecule has 0 bridgehead atoms. The summed E-state index contributed by atoms with van der Waals surface area (Å²) >= 11 is 1.58. The molecule has 1 fully saturated rings. The maximum Gasteiger partial charge on any atom is 0.407 e. The number of carbonyl (C=O) groups excluding carboxylic acids is 1. The van der Waals surface area contributed by atoms with Crippen LogP contribution >= 0.6 is 11.8 Å². The van der Waals surface area contributed by atoms with Crippen molar-refractivity contribution in [1.29, 1.82) is 0 Å². The van der Waals surface area contributed by atoms with Crippen LogP contribution in [0.25, 0.3) is 0 Å². The molecule has 0 aromatic carbocycles. The average Bonchev–Trinajstić information content (AvgIpc) is 2.85. The highest BCUT2D eigenvalue weighted by Gasteiger charge is 2.22. The Morgan fingerprint density at radius 1 is 1.19 bits per heavy atom. The Labute approximate surface area is 226 Å². The zero-order chi connectivity index (χ0) is 26.8. The molecule has 0 radical (unpaired) electrons. The minimum absolute atomic E-state index is 0.141. The fourth-order valence-electron chi connectivity index (χ4n) is 4.33. The van der Waals surface area contributed by atoms with Crippen LogP contribution in [0.2, 0.25) is 0 Å². The second kappa shape index (κ2) is 13.9. The molecule has 10 heteroatoms. The lowest BCUT2D eigenvalue weighted by molar-refractivity contribution is 0.0526. The highest BCUT2D eigenvalue weighted by molar-refractivity contribution is 7.98. The Morgan fingerprint density at radius 2 is 1.95 bits per heavy atom. The summed E-state index contributed by atoms with van der Waals surface area (Å²) in [5.41, 5.74) is 1.57. The van der Waals surface area contributed by atoms with Crippen molar-refractivity contribution in [3.63, 3.8) is 0 Å². The number of hydrogen-bond acceptors (Lipinski definition) is 9. The lowest BCUT2D eigenvalue weighted by Gasteiger charge is -2.33. The number of unbranched alkanes of at least 4 members (excludes halogenated alkanes) is 1. The zero-order valence-electron chi connectivity index (χ0n) is 23.2. The first-order valence-electron chi connectivity index (χ1n) is 13.1. The summed E-state index contributed by atoms with van der Waals surface area (Å²) in [5, 5.41) is 3.67. The van der Waals surface area contributed by atoms with Crippen molar-refractivity contribution in [2.45, 2.75) is 63.4 Å². The summed E-state index contributed by atoms with van der Waals surface area (Å²) in [6, 6.07) is 8.35. The summed E-state index contributed by atoms with van der Waals surface area (Å²) in [6.07, 6.45) is 6.26. The quantitative estimate of drug-likeness (QED) is 0.261. The van der Waals surface area contributed by atoms with Gasteiger partial charge in [0.1, 0.15) is 11.4 Å². The normalized spacial score (nSPS) is 15.6. The molecule has 3 rings (SSSR count). The number of aromatic nitrogens is 3. The van der Waals surface area contributed by atoms with E-state index in [4.69, 9.17) is 14.7 Å². The topological polar surface area (TPSA) is 86.7 Å². The summed E-state index contributed by atoms with van der Waals surface area (Å²) in [4.78, 5) is 33.2. The van der Waals surface area contributed by atoms with Gasteiger partial charge in [0.2, 0.25) is 0 Å². The van der Waals surface area contributed by atoms with Gasteiger partial charge in [-0.2, -0.15) is 0 Å². The number of hydrogen-bond donors (Lipinski definition) is 1. The molecule has 204 valence electrons. The zero-order valence-corrected chi connectivity index (χ0v) is 24.1. The largest absolute Gasteiger partial charge is 0.444 e. The number of pyridine rings is 1. The van der Waals surface area contributed by atoms with Gasteiger partial charge in [-0.15, -0.1) is 0 Å². The Morgan fingerprint density at radius 3 is 2.59 bits per heavy atom. The van der Waals surface area contributed by atoms with Gasteiger partial charge in [-0.25, -0.2) is 14.8 Å². The van der Waals surface area contributed by atoms with Gasteiger partial charge < -0.3 is 19.9 Å². The summed E-state index contributed by atoms with van der Waals surface area (Å²) in [6.45, 7) is 10.9. The van der Waals surface area contributed by atoms with E-state index in [1.807, 2.05) is 45.4 Å². The molecule has 1 aliphatic heterocycles. The van der Waals surface area contributed by atoms with Crippen molar-refractivity contribution in [3.05, 3.63) is 41.9 Å². The maximum absolute atomic E-state index is 11.9. The number of ether oxygens (including phenoxy) is 1. The van der Waals surface area contributed by atoms with Crippen LogP contribution in [0, 0.1) is 0 Å². The molecule has 37 heavy (non-hydrogen) atoms. The van der Waals surface area contributed by atoms with Gasteiger partial charge in [0.25, 0.3) is 0 Å². The van der Waals surface area contributed by atoms with Crippen LogP contribution in [0.4, 0.5) is 10.6 Å². The molecule has 2 aromatic heterocycles. The lowest BCUT2D eigenvalue weighted by atomic mass is 10.0. The second-order valence-electron chi connectivity index (χ2n) is 10.6. The number of piperazine rings is 1. The van der Waals surface area contributed by atoms with E-state index in [9.17, 15) is 4.79 Å². The first kappa shape index (κ1) is 29.1. The van der Waals surface area contributed by atoms with Crippen molar-refractivity contribution in [3.8, 4) is 0 Å². The van der Waals surface area contributed by atoms with Gasteiger partial charge in [-0.05, 0) is 72.5 Å². The van der Waals surface area contributed by atoms with Crippen molar-refractivity contribution < 1.29 is 9.53 Å². The number of carbonyl (C=O) groups is 1. The lowest BCUT2D eigenvalue weighted by Crippen LogP contribution is -2.45. The molecule has 1 amide bonds. The number of alkyl carbamates (subject to hydrolysis) is 1. The third-order valence-corrected chi connectivity index (χ3v) is 6.85. The number of thioether (sulfide) groups is 1. The Balaban J connectivity index is 1.64. The molecule has 0 aliphatic carbocycles. The predicted octanol–water partition coefficient (Wildman–Crippen LogP) is 4.21. The van der Waals surface area contributed by atoms with Gasteiger partial charge in [-0.1, -0.05) is 17.8 Å². The van der Waals surface area contributed by atoms with Gasteiger partial charge in [-0.3, -0.25) is 9.88 Å². The van der Waals surface area contributed by atoms with Gasteiger partial charge in [0.05, 0.1) is 17.4 Å². The molecule has 1 aliphatic rings. The molecule has 0 spiro atoms. The second-order valence-corrected chi connectivity index (χ2v) is 11.4. The molecule has 2 aromatic rings. The molecule has 0 saturated carbocycles. The van der Waals surface area contributed by atoms with Crippen molar-refractivity contribution >= 4 is 23.7 Å². The monoisotopic (exact) mass is 529 g/mol. The number of nitrogens with one attached hydrogen (secondary N) is 1. The molecule has 3 heterocycles.